The van der Waals surface area contributed by atoms with Crippen molar-refractivity contribution in [1.29, 1.82) is 0 Å². The van der Waals surface area contributed by atoms with E-state index in [0.29, 0.717) is 24.0 Å². The van der Waals surface area contributed by atoms with Gasteiger partial charge in [0, 0.05) is 67.2 Å². The molecule has 0 radical (unpaired) electrons. The van der Waals surface area contributed by atoms with E-state index in [4.69, 9.17) is 10.7 Å². The molecule has 4 aliphatic rings. The molecule has 3 aliphatic heterocycles. The quantitative estimate of drug-likeness (QED) is 0.447. The number of nitrogens with two attached hydrogens (primary N) is 1. The van der Waals surface area contributed by atoms with E-state index >= 15 is 0 Å². The lowest BCUT2D eigenvalue weighted by molar-refractivity contribution is 0.190. The second kappa shape index (κ2) is 10.4. The van der Waals surface area contributed by atoms with Crippen molar-refractivity contribution in [3.8, 4) is 0 Å². The fraction of sp³-hybridized carbons (Fsp3) is 0.559. The predicted octanol–water partition coefficient (Wildman–Crippen LogP) is 6.05. The molecule has 3 unspecified atom stereocenters. The Hall–Kier alpha value is -2.63. The molecule has 0 aromatic heterocycles. The number of piperidine rings is 1. The lowest BCUT2D eigenvalue weighted by Crippen LogP contribution is -2.46. The minimum atomic E-state index is 0.219. The first-order chi connectivity index (χ1) is 18.7. The number of aliphatic imine (C=N–C) groups is 1. The van der Waals surface area contributed by atoms with E-state index in [9.17, 15) is 0 Å². The zero-order valence-corrected chi connectivity index (χ0v) is 24.7. The van der Waals surface area contributed by atoms with E-state index in [2.05, 4.69) is 86.4 Å². The first-order valence-corrected chi connectivity index (χ1v) is 15.2. The van der Waals surface area contributed by atoms with Crippen LogP contribution in [0.5, 0.6) is 0 Å². The SMILES string of the molecule is C=C(c1cc(CC)c(C)c(/N=C(\C)C2Cc3cccc(C4CN(C)C4)c3N2C2CC2)c1)N1CC(N)CCC1C. The molecule has 3 atom stereocenters. The van der Waals surface area contributed by atoms with Crippen LogP contribution in [0, 0.1) is 6.92 Å². The number of hydrogen-bond acceptors (Lipinski definition) is 5. The van der Waals surface area contributed by atoms with Gasteiger partial charge in [-0.2, -0.15) is 0 Å². The summed E-state index contributed by atoms with van der Waals surface area (Å²) in [5.41, 5.74) is 18.2. The van der Waals surface area contributed by atoms with Gasteiger partial charge in [0.1, 0.15) is 0 Å². The standard InChI is InChI=1S/C34H47N5/c1-7-25-15-27(24(5)38-20-29(35)12-11-21(38)2)16-32(22(25)3)36-23(4)33-17-26-9-8-10-31(28-18-37(6)19-28)34(26)39(33)30-13-14-30/h8-10,15-16,21,28-30,33H,5,7,11-14,17-20,35H2,1-4,6H3/b36-23+. The van der Waals surface area contributed by atoms with Crippen LogP contribution in [0.2, 0.25) is 0 Å². The Labute approximate surface area is 235 Å². The molecular formula is C34H47N5. The van der Waals surface area contributed by atoms with Crippen molar-refractivity contribution in [2.75, 3.05) is 31.6 Å². The fourth-order valence-corrected chi connectivity index (χ4v) is 7.27. The van der Waals surface area contributed by atoms with Crippen LogP contribution in [0.15, 0.2) is 41.9 Å². The van der Waals surface area contributed by atoms with Gasteiger partial charge in [0.2, 0.25) is 0 Å². The zero-order valence-electron chi connectivity index (χ0n) is 24.7. The molecule has 1 aliphatic carbocycles. The van der Waals surface area contributed by atoms with E-state index in [1.54, 1.807) is 5.56 Å². The first-order valence-electron chi connectivity index (χ1n) is 15.2. The van der Waals surface area contributed by atoms with Crippen LogP contribution in [0.25, 0.3) is 5.70 Å². The van der Waals surface area contributed by atoms with Crippen LogP contribution in [-0.4, -0.2) is 66.4 Å². The molecule has 3 fully saturated rings. The molecule has 0 amide bonds. The van der Waals surface area contributed by atoms with Crippen molar-refractivity contribution in [2.24, 2.45) is 10.7 Å². The Balaban J connectivity index is 1.33. The maximum Gasteiger partial charge on any atom is 0.0716 e. The van der Waals surface area contributed by atoms with Gasteiger partial charge in [-0.3, -0.25) is 4.99 Å². The predicted molar refractivity (Wildman–Crippen MR) is 165 cm³/mol. The van der Waals surface area contributed by atoms with Gasteiger partial charge < -0.3 is 20.4 Å². The van der Waals surface area contributed by atoms with Gasteiger partial charge in [-0.15, -0.1) is 0 Å². The number of hydrogen-bond donors (Lipinski definition) is 1. The molecule has 0 bridgehead atoms. The average molecular weight is 526 g/mol. The summed E-state index contributed by atoms with van der Waals surface area (Å²) in [6.45, 7) is 16.8. The van der Waals surface area contributed by atoms with E-state index in [1.807, 2.05) is 0 Å². The molecule has 1 saturated carbocycles. The second-order valence-electron chi connectivity index (χ2n) is 12.8. The van der Waals surface area contributed by atoms with Crippen LogP contribution in [-0.2, 0) is 12.8 Å². The number of nitrogens with zero attached hydrogens (tertiary/aromatic N) is 4. The van der Waals surface area contributed by atoms with Crippen molar-refractivity contribution in [3.05, 3.63) is 64.7 Å². The monoisotopic (exact) mass is 525 g/mol. The summed E-state index contributed by atoms with van der Waals surface area (Å²) in [6, 6.07) is 13.3. The average Bonchev–Trinajstić information content (AvgIpc) is 3.67. The highest BCUT2D eigenvalue weighted by atomic mass is 15.3. The van der Waals surface area contributed by atoms with Gasteiger partial charge >= 0.3 is 0 Å². The number of fused-ring (bicyclic) bond motifs is 1. The minimum absolute atomic E-state index is 0.219. The van der Waals surface area contributed by atoms with Crippen molar-refractivity contribution < 1.29 is 0 Å². The molecule has 2 saturated heterocycles. The van der Waals surface area contributed by atoms with E-state index in [0.717, 1.165) is 43.6 Å². The molecule has 0 spiro atoms. The molecule has 2 aromatic carbocycles. The number of rotatable bonds is 7. The maximum absolute atomic E-state index is 6.36. The van der Waals surface area contributed by atoms with Crippen LogP contribution in [0.3, 0.4) is 0 Å². The molecule has 2 N–H and O–H groups in total. The third-order valence-electron chi connectivity index (χ3n) is 9.85. The molecule has 5 nitrogen and oxygen atoms in total. The summed E-state index contributed by atoms with van der Waals surface area (Å²) in [7, 11) is 2.23. The van der Waals surface area contributed by atoms with Crippen LogP contribution in [0.1, 0.15) is 80.2 Å². The molecule has 2 aromatic rings. The second-order valence-corrected chi connectivity index (χ2v) is 12.8. The highest BCUT2D eigenvalue weighted by molar-refractivity contribution is 5.95. The highest BCUT2D eigenvalue weighted by Crippen LogP contribution is 2.47. The molecule has 208 valence electrons. The number of aryl methyl sites for hydroxylation is 1. The lowest BCUT2D eigenvalue weighted by Gasteiger charge is -2.39. The summed E-state index contributed by atoms with van der Waals surface area (Å²) >= 11 is 0. The largest absolute Gasteiger partial charge is 0.367 e. The van der Waals surface area contributed by atoms with Crippen molar-refractivity contribution in [1.82, 2.24) is 9.80 Å². The van der Waals surface area contributed by atoms with Crippen LogP contribution < -0.4 is 10.6 Å². The normalized spacial score (nSPS) is 26.1. The summed E-state index contributed by atoms with van der Waals surface area (Å²) in [6.07, 6.45) is 6.86. The summed E-state index contributed by atoms with van der Waals surface area (Å²) in [5, 5.41) is 0. The summed E-state index contributed by atoms with van der Waals surface area (Å²) in [5.74, 6) is 0.657. The molecule has 3 heterocycles. The Morgan fingerprint density at radius 2 is 1.87 bits per heavy atom. The first kappa shape index (κ1) is 26.6. The fourth-order valence-electron chi connectivity index (χ4n) is 7.27. The van der Waals surface area contributed by atoms with Gasteiger partial charge in [-0.1, -0.05) is 31.7 Å². The number of para-hydroxylation sites is 1. The summed E-state index contributed by atoms with van der Waals surface area (Å²) < 4.78 is 0. The van der Waals surface area contributed by atoms with Crippen molar-refractivity contribution in [3.63, 3.8) is 0 Å². The third kappa shape index (κ3) is 4.93. The Morgan fingerprint density at radius 3 is 2.56 bits per heavy atom. The third-order valence-corrected chi connectivity index (χ3v) is 9.85. The lowest BCUT2D eigenvalue weighted by atomic mass is 9.89. The van der Waals surface area contributed by atoms with E-state index in [-0.39, 0.29) is 6.04 Å². The number of benzene rings is 2. The highest BCUT2D eigenvalue weighted by Gasteiger charge is 2.43. The van der Waals surface area contributed by atoms with E-state index in [1.165, 1.54) is 59.6 Å². The Bertz CT molecular complexity index is 1280. The molecule has 5 heteroatoms. The Morgan fingerprint density at radius 1 is 1.10 bits per heavy atom. The zero-order chi connectivity index (χ0) is 27.4. The van der Waals surface area contributed by atoms with Crippen LogP contribution >= 0.6 is 0 Å². The smallest absolute Gasteiger partial charge is 0.0716 e. The van der Waals surface area contributed by atoms with Gasteiger partial charge in [-0.25, -0.2) is 0 Å². The van der Waals surface area contributed by atoms with E-state index < -0.39 is 0 Å². The van der Waals surface area contributed by atoms with Crippen molar-refractivity contribution >= 4 is 22.8 Å². The summed E-state index contributed by atoms with van der Waals surface area (Å²) in [4.78, 5) is 13.0. The maximum atomic E-state index is 6.36. The Kier molecular flexibility index (Phi) is 7.09. The number of likely N-dealkylation sites (tertiary alicyclic amines) is 2. The molecule has 39 heavy (non-hydrogen) atoms. The molecule has 6 rings (SSSR count). The van der Waals surface area contributed by atoms with Gasteiger partial charge in [0.25, 0.3) is 0 Å². The number of anilines is 1. The van der Waals surface area contributed by atoms with Gasteiger partial charge in [0.05, 0.1) is 11.7 Å². The van der Waals surface area contributed by atoms with Gasteiger partial charge in [0.15, 0.2) is 0 Å². The number of likely N-dealkylation sites (N-methyl/N-ethyl adjacent to an activating group) is 1. The minimum Gasteiger partial charge on any atom is -0.367 e. The topological polar surface area (TPSA) is 48.1 Å². The molecular weight excluding hydrogens is 478 g/mol. The van der Waals surface area contributed by atoms with Crippen molar-refractivity contribution in [2.45, 2.75) is 96.3 Å². The van der Waals surface area contributed by atoms with Crippen LogP contribution in [0.4, 0.5) is 11.4 Å². The van der Waals surface area contributed by atoms with Gasteiger partial charge in [-0.05, 0) is 99.9 Å².